The summed E-state index contributed by atoms with van der Waals surface area (Å²) in [7, 11) is 0. The van der Waals surface area contributed by atoms with Crippen molar-refractivity contribution in [3.8, 4) is 0 Å². The molecule has 1 unspecified atom stereocenters. The molecule has 0 radical (unpaired) electrons. The molecule has 0 saturated carbocycles. The Morgan fingerprint density at radius 3 is 2.35 bits per heavy atom. The number of likely N-dealkylation sites (tertiary alicyclic amines) is 1. The number of nitrogens with one attached hydrogen (secondary N) is 1. The van der Waals surface area contributed by atoms with E-state index in [1.165, 1.54) is 30.9 Å². The fourth-order valence-corrected chi connectivity index (χ4v) is 3.03. The summed E-state index contributed by atoms with van der Waals surface area (Å²) in [4.78, 5) is 36.3. The Kier molecular flexibility index (Phi) is 5.70. The van der Waals surface area contributed by atoms with E-state index in [4.69, 9.17) is 5.11 Å². The average Bonchev–Trinajstić information content (AvgIpc) is 3.00. The lowest BCUT2D eigenvalue weighted by Gasteiger charge is -2.24. The second-order valence-electron chi connectivity index (χ2n) is 6.31. The van der Waals surface area contributed by atoms with E-state index in [1.807, 2.05) is 0 Å². The number of rotatable bonds is 5. The molecule has 3 atom stereocenters. The summed E-state index contributed by atoms with van der Waals surface area (Å²) in [5.74, 6) is -6.05. The quantitative estimate of drug-likeness (QED) is 0.775. The van der Waals surface area contributed by atoms with Crippen LogP contribution in [-0.4, -0.2) is 53.0 Å². The smallest absolute Gasteiger partial charge is 0.393 e. The summed E-state index contributed by atoms with van der Waals surface area (Å²) in [5.41, 5.74) is 0.546. The Balaban J connectivity index is 2.14. The van der Waals surface area contributed by atoms with Gasteiger partial charge in [-0.25, -0.2) is 0 Å². The van der Waals surface area contributed by atoms with Gasteiger partial charge in [0.1, 0.15) is 0 Å². The van der Waals surface area contributed by atoms with E-state index in [1.54, 1.807) is 12.1 Å². The molecule has 0 aromatic heterocycles. The van der Waals surface area contributed by atoms with E-state index in [-0.39, 0.29) is 23.6 Å². The van der Waals surface area contributed by atoms with Gasteiger partial charge in [0, 0.05) is 18.7 Å². The molecule has 1 fully saturated rings. The van der Waals surface area contributed by atoms with Crippen molar-refractivity contribution < 1.29 is 32.7 Å². The number of halogens is 3. The Hall–Kier alpha value is -2.42. The van der Waals surface area contributed by atoms with E-state index in [0.29, 0.717) is 0 Å². The molecule has 1 aliphatic heterocycles. The maximum Gasteiger partial charge on any atom is 0.393 e. The highest BCUT2D eigenvalue weighted by molar-refractivity contribution is 6.04. The highest BCUT2D eigenvalue weighted by Gasteiger charge is 2.53. The number of hydrogen-bond acceptors (Lipinski definition) is 4. The molecule has 0 spiro atoms. The predicted molar refractivity (Wildman–Crippen MR) is 86.8 cm³/mol. The van der Waals surface area contributed by atoms with Crippen LogP contribution in [0.4, 0.5) is 18.9 Å². The van der Waals surface area contributed by atoms with Crippen molar-refractivity contribution >= 4 is 23.3 Å². The summed E-state index contributed by atoms with van der Waals surface area (Å²) in [6.45, 7) is 1.80. The maximum atomic E-state index is 13.1. The number of ketones is 1. The van der Waals surface area contributed by atoms with Crippen LogP contribution in [0.15, 0.2) is 24.3 Å². The van der Waals surface area contributed by atoms with E-state index in [2.05, 4.69) is 5.32 Å². The lowest BCUT2D eigenvalue weighted by atomic mass is 9.96. The van der Waals surface area contributed by atoms with E-state index >= 15 is 0 Å². The fraction of sp³-hybridized carbons (Fsp3) is 0.471. The van der Waals surface area contributed by atoms with Crippen molar-refractivity contribution in [2.45, 2.75) is 26.1 Å². The number of aliphatic carboxylic acids is 1. The number of para-hydroxylation sites is 1. The molecule has 6 nitrogen and oxygen atoms in total. The fourth-order valence-electron chi connectivity index (χ4n) is 3.03. The number of carboxylic acids is 1. The highest BCUT2D eigenvalue weighted by atomic mass is 19.4. The number of anilines is 1. The number of alkyl halides is 3. The topological polar surface area (TPSA) is 86.7 Å². The van der Waals surface area contributed by atoms with Crippen LogP contribution in [0, 0.1) is 11.8 Å². The third-order valence-corrected chi connectivity index (χ3v) is 4.58. The van der Waals surface area contributed by atoms with Gasteiger partial charge in [-0.3, -0.25) is 19.3 Å². The monoisotopic (exact) mass is 372 g/mol. The van der Waals surface area contributed by atoms with Crippen LogP contribution in [0.1, 0.15) is 24.2 Å². The first-order chi connectivity index (χ1) is 12.0. The number of nitrogens with zero attached hydrogens (tertiary/aromatic N) is 1. The standard InChI is InChI=1S/C17H19F3N2O4/c1-9(15(24)21-14-6-4-3-5-11(14)10(2)23)22-7-12(16(25)26)13(8-22)17(18,19)20/h3-6,9,12-13H,7-8H2,1-2H3,(H,21,24)(H,25,26)/t9?,12-,13-/m1/s1. The molecule has 26 heavy (non-hydrogen) atoms. The molecule has 0 aliphatic carbocycles. The third kappa shape index (κ3) is 4.21. The number of hydrogen-bond donors (Lipinski definition) is 2. The molecule has 2 rings (SSSR count). The SMILES string of the molecule is CC(=O)c1ccccc1NC(=O)C(C)N1C[C@@H](C(F)(F)F)[C@H](C(=O)O)C1. The Labute approximate surface area is 148 Å². The number of Topliss-reactive ketones (excluding diaryl/α,β-unsaturated/α-hetero) is 1. The summed E-state index contributed by atoms with van der Waals surface area (Å²) >= 11 is 0. The summed E-state index contributed by atoms with van der Waals surface area (Å²) in [6.07, 6.45) is -4.66. The Morgan fingerprint density at radius 1 is 1.23 bits per heavy atom. The molecule has 1 aliphatic rings. The normalized spacial score (nSPS) is 22.0. The Morgan fingerprint density at radius 2 is 1.85 bits per heavy atom. The van der Waals surface area contributed by atoms with Gasteiger partial charge in [-0.2, -0.15) is 13.2 Å². The molecule has 142 valence electrons. The van der Waals surface area contributed by atoms with Crippen molar-refractivity contribution in [3.63, 3.8) is 0 Å². The van der Waals surface area contributed by atoms with Crippen LogP contribution in [0.25, 0.3) is 0 Å². The zero-order chi connectivity index (χ0) is 19.6. The van der Waals surface area contributed by atoms with Gasteiger partial charge >= 0.3 is 12.1 Å². The minimum atomic E-state index is -4.66. The first-order valence-electron chi connectivity index (χ1n) is 7.96. The zero-order valence-electron chi connectivity index (χ0n) is 14.2. The second-order valence-corrected chi connectivity index (χ2v) is 6.31. The predicted octanol–water partition coefficient (Wildman–Crippen LogP) is 2.41. The highest BCUT2D eigenvalue weighted by Crippen LogP contribution is 2.38. The summed E-state index contributed by atoms with van der Waals surface area (Å²) in [6, 6.07) is 5.30. The van der Waals surface area contributed by atoms with Crippen LogP contribution in [0.5, 0.6) is 0 Å². The van der Waals surface area contributed by atoms with Gasteiger partial charge in [-0.1, -0.05) is 12.1 Å². The third-order valence-electron chi connectivity index (χ3n) is 4.58. The maximum absolute atomic E-state index is 13.1. The first kappa shape index (κ1) is 19.9. The van der Waals surface area contributed by atoms with Crippen LogP contribution in [0.3, 0.4) is 0 Å². The van der Waals surface area contributed by atoms with Crippen LogP contribution < -0.4 is 5.32 Å². The molecule has 1 aromatic carbocycles. The molecule has 1 aromatic rings. The molecular weight excluding hydrogens is 353 g/mol. The number of carbonyl (C=O) groups excluding carboxylic acids is 2. The van der Waals surface area contributed by atoms with Gasteiger partial charge in [-0.15, -0.1) is 0 Å². The molecular formula is C17H19F3N2O4. The summed E-state index contributed by atoms with van der Waals surface area (Å²) < 4.78 is 39.2. The van der Waals surface area contributed by atoms with E-state index in [0.717, 1.165) is 0 Å². The molecule has 1 saturated heterocycles. The minimum absolute atomic E-state index is 0.262. The van der Waals surface area contributed by atoms with Crippen molar-refractivity contribution in [3.05, 3.63) is 29.8 Å². The number of benzene rings is 1. The van der Waals surface area contributed by atoms with Gasteiger partial charge in [0.05, 0.1) is 23.6 Å². The van der Waals surface area contributed by atoms with Gasteiger partial charge in [0.2, 0.25) is 5.91 Å². The van der Waals surface area contributed by atoms with Crippen LogP contribution in [-0.2, 0) is 9.59 Å². The number of carbonyl (C=O) groups is 3. The average molecular weight is 372 g/mol. The minimum Gasteiger partial charge on any atom is -0.481 e. The summed E-state index contributed by atoms with van der Waals surface area (Å²) in [5, 5.41) is 11.6. The van der Waals surface area contributed by atoms with Gasteiger partial charge < -0.3 is 10.4 Å². The van der Waals surface area contributed by atoms with Gasteiger partial charge in [0.15, 0.2) is 5.78 Å². The zero-order valence-corrected chi connectivity index (χ0v) is 14.2. The molecule has 2 N–H and O–H groups in total. The van der Waals surface area contributed by atoms with Gasteiger partial charge in [-0.05, 0) is 26.0 Å². The van der Waals surface area contributed by atoms with Crippen molar-refractivity contribution in [1.82, 2.24) is 4.90 Å². The van der Waals surface area contributed by atoms with Crippen molar-refractivity contribution in [2.24, 2.45) is 11.8 Å². The largest absolute Gasteiger partial charge is 0.481 e. The first-order valence-corrected chi connectivity index (χ1v) is 7.96. The number of amides is 1. The van der Waals surface area contributed by atoms with E-state index in [9.17, 15) is 27.6 Å². The van der Waals surface area contributed by atoms with E-state index < -0.39 is 42.5 Å². The lowest BCUT2D eigenvalue weighted by molar-refractivity contribution is -0.188. The lowest BCUT2D eigenvalue weighted by Crippen LogP contribution is -2.41. The second kappa shape index (κ2) is 7.45. The molecule has 1 amide bonds. The molecule has 0 bridgehead atoms. The van der Waals surface area contributed by atoms with Crippen LogP contribution >= 0.6 is 0 Å². The number of carboxylic acid groups (broad SMARTS) is 1. The molecule has 9 heteroatoms. The van der Waals surface area contributed by atoms with Crippen LogP contribution in [0.2, 0.25) is 0 Å². The molecule has 1 heterocycles. The van der Waals surface area contributed by atoms with Crippen molar-refractivity contribution in [1.29, 1.82) is 0 Å². The Bertz CT molecular complexity index is 720. The van der Waals surface area contributed by atoms with Gasteiger partial charge in [0.25, 0.3) is 0 Å². The van der Waals surface area contributed by atoms with Crippen molar-refractivity contribution in [2.75, 3.05) is 18.4 Å².